The van der Waals surface area contributed by atoms with Gasteiger partial charge in [-0.3, -0.25) is 4.79 Å². The molecule has 7 heteroatoms. The molecule has 0 spiro atoms. The number of carbonyl (C=O) groups is 1. The molecule has 0 saturated heterocycles. The molecule has 0 unspecified atom stereocenters. The Bertz CT molecular complexity index is 610. The van der Waals surface area contributed by atoms with E-state index in [-0.39, 0.29) is 27.4 Å². The standard InChI is InChI=1S/C13H17ClN2O3S/c14-10-6-9(7-12(8-10)20(15,18)19)13(17)16-11-4-2-1-3-5-11/h6-8,11H,1-5H2,(H,16,17)(H2,15,18,19). The van der Waals surface area contributed by atoms with Crippen molar-refractivity contribution in [3.63, 3.8) is 0 Å². The minimum absolute atomic E-state index is 0.146. The molecule has 0 atom stereocenters. The maximum atomic E-state index is 12.1. The van der Waals surface area contributed by atoms with Gasteiger partial charge >= 0.3 is 0 Å². The summed E-state index contributed by atoms with van der Waals surface area (Å²) in [6.45, 7) is 0. The van der Waals surface area contributed by atoms with Crippen LogP contribution in [0, 0.1) is 0 Å². The molecule has 0 radical (unpaired) electrons. The lowest BCUT2D eigenvalue weighted by atomic mass is 9.95. The van der Waals surface area contributed by atoms with E-state index in [1.807, 2.05) is 0 Å². The molecular formula is C13H17ClN2O3S. The number of rotatable bonds is 3. The molecule has 20 heavy (non-hydrogen) atoms. The average Bonchev–Trinajstić information content (AvgIpc) is 2.38. The quantitative estimate of drug-likeness (QED) is 0.894. The Labute approximate surface area is 123 Å². The van der Waals surface area contributed by atoms with Gasteiger partial charge in [0, 0.05) is 16.6 Å². The second-order valence-electron chi connectivity index (χ2n) is 5.03. The Morgan fingerprint density at radius 1 is 1.20 bits per heavy atom. The molecular weight excluding hydrogens is 300 g/mol. The second kappa shape index (κ2) is 6.11. The predicted molar refractivity (Wildman–Crippen MR) is 77.2 cm³/mol. The van der Waals surface area contributed by atoms with Gasteiger partial charge in [0.25, 0.3) is 5.91 Å². The minimum atomic E-state index is -3.88. The van der Waals surface area contributed by atoms with Crippen molar-refractivity contribution in [2.24, 2.45) is 5.14 Å². The highest BCUT2D eigenvalue weighted by molar-refractivity contribution is 7.89. The largest absolute Gasteiger partial charge is 0.349 e. The van der Waals surface area contributed by atoms with Crippen LogP contribution in [0.4, 0.5) is 0 Å². The van der Waals surface area contributed by atoms with Gasteiger partial charge in [-0.2, -0.15) is 0 Å². The van der Waals surface area contributed by atoms with E-state index in [4.69, 9.17) is 16.7 Å². The molecule has 1 fully saturated rings. The summed E-state index contributed by atoms with van der Waals surface area (Å²) in [5, 5.41) is 8.14. The number of carbonyl (C=O) groups excluding carboxylic acids is 1. The fourth-order valence-corrected chi connectivity index (χ4v) is 3.26. The molecule has 1 amide bonds. The summed E-state index contributed by atoms with van der Waals surface area (Å²) in [5.41, 5.74) is 0.215. The topological polar surface area (TPSA) is 89.3 Å². The maximum absolute atomic E-state index is 12.1. The minimum Gasteiger partial charge on any atom is -0.349 e. The van der Waals surface area contributed by atoms with Crippen molar-refractivity contribution in [1.82, 2.24) is 5.32 Å². The molecule has 1 saturated carbocycles. The highest BCUT2D eigenvalue weighted by atomic mass is 35.5. The molecule has 1 aromatic rings. The molecule has 110 valence electrons. The third-order valence-electron chi connectivity index (χ3n) is 3.40. The number of halogens is 1. The zero-order valence-electron chi connectivity index (χ0n) is 10.9. The maximum Gasteiger partial charge on any atom is 0.251 e. The zero-order chi connectivity index (χ0) is 14.8. The molecule has 5 nitrogen and oxygen atoms in total. The monoisotopic (exact) mass is 316 g/mol. The van der Waals surface area contributed by atoms with Crippen LogP contribution >= 0.6 is 11.6 Å². The highest BCUT2D eigenvalue weighted by Crippen LogP contribution is 2.20. The number of benzene rings is 1. The van der Waals surface area contributed by atoms with Crippen molar-refractivity contribution in [2.75, 3.05) is 0 Å². The Morgan fingerprint density at radius 3 is 2.45 bits per heavy atom. The van der Waals surface area contributed by atoms with Crippen LogP contribution in [0.25, 0.3) is 0 Å². The van der Waals surface area contributed by atoms with Crippen molar-refractivity contribution in [1.29, 1.82) is 0 Å². The number of primary sulfonamides is 1. The lowest BCUT2D eigenvalue weighted by Crippen LogP contribution is -2.36. The first-order chi connectivity index (χ1) is 9.36. The first-order valence-electron chi connectivity index (χ1n) is 6.50. The van der Waals surface area contributed by atoms with Crippen LogP contribution in [0.15, 0.2) is 23.1 Å². The summed E-state index contributed by atoms with van der Waals surface area (Å²) >= 11 is 5.84. The Hall–Kier alpha value is -1.11. The van der Waals surface area contributed by atoms with E-state index in [0.717, 1.165) is 25.7 Å². The average molecular weight is 317 g/mol. The van der Waals surface area contributed by atoms with Gasteiger partial charge in [-0.05, 0) is 31.0 Å². The molecule has 0 aliphatic heterocycles. The summed E-state index contributed by atoms with van der Waals surface area (Å²) in [4.78, 5) is 12.0. The van der Waals surface area contributed by atoms with Gasteiger partial charge in [-0.25, -0.2) is 13.6 Å². The predicted octanol–water partition coefficient (Wildman–Crippen LogP) is 2.05. The van der Waals surface area contributed by atoms with Gasteiger partial charge in [-0.1, -0.05) is 30.9 Å². The number of nitrogens with two attached hydrogens (primary N) is 1. The van der Waals surface area contributed by atoms with E-state index in [2.05, 4.69) is 5.32 Å². The first-order valence-corrected chi connectivity index (χ1v) is 8.43. The summed E-state index contributed by atoms with van der Waals surface area (Å²) in [6.07, 6.45) is 5.30. The summed E-state index contributed by atoms with van der Waals surface area (Å²) in [5.74, 6) is -0.315. The van der Waals surface area contributed by atoms with E-state index < -0.39 is 10.0 Å². The van der Waals surface area contributed by atoms with Crippen LogP contribution in [-0.2, 0) is 10.0 Å². The lowest BCUT2D eigenvalue weighted by molar-refractivity contribution is 0.0927. The molecule has 1 aromatic carbocycles. The highest BCUT2D eigenvalue weighted by Gasteiger charge is 2.18. The number of hydrogen-bond donors (Lipinski definition) is 2. The van der Waals surface area contributed by atoms with Gasteiger partial charge in [0.05, 0.1) is 4.90 Å². The fourth-order valence-electron chi connectivity index (χ4n) is 2.37. The molecule has 0 heterocycles. The second-order valence-corrected chi connectivity index (χ2v) is 7.03. The Morgan fingerprint density at radius 2 is 1.85 bits per heavy atom. The third kappa shape index (κ3) is 3.94. The van der Waals surface area contributed by atoms with E-state index in [1.165, 1.54) is 24.6 Å². The summed E-state index contributed by atoms with van der Waals surface area (Å²) in [6, 6.07) is 4.07. The molecule has 2 rings (SSSR count). The first kappa shape index (κ1) is 15.3. The van der Waals surface area contributed by atoms with Crippen LogP contribution < -0.4 is 10.5 Å². The van der Waals surface area contributed by atoms with Gasteiger partial charge < -0.3 is 5.32 Å². The van der Waals surface area contributed by atoms with Crippen molar-refractivity contribution < 1.29 is 13.2 Å². The molecule has 0 bridgehead atoms. The van der Waals surface area contributed by atoms with Gasteiger partial charge in [0.1, 0.15) is 0 Å². The van der Waals surface area contributed by atoms with Crippen LogP contribution in [0.5, 0.6) is 0 Å². The van der Waals surface area contributed by atoms with Gasteiger partial charge in [0.15, 0.2) is 0 Å². The fraction of sp³-hybridized carbons (Fsp3) is 0.462. The number of nitrogens with one attached hydrogen (secondary N) is 1. The number of amides is 1. The van der Waals surface area contributed by atoms with E-state index in [9.17, 15) is 13.2 Å². The Balaban J connectivity index is 2.19. The van der Waals surface area contributed by atoms with Gasteiger partial charge in [-0.15, -0.1) is 0 Å². The van der Waals surface area contributed by atoms with Crippen molar-refractivity contribution in [3.8, 4) is 0 Å². The molecule has 3 N–H and O–H groups in total. The van der Waals surface area contributed by atoms with Gasteiger partial charge in [0.2, 0.25) is 10.0 Å². The lowest BCUT2D eigenvalue weighted by Gasteiger charge is -2.22. The van der Waals surface area contributed by atoms with E-state index in [1.54, 1.807) is 0 Å². The normalized spacial score (nSPS) is 16.9. The van der Waals surface area contributed by atoms with Crippen molar-refractivity contribution in [2.45, 2.75) is 43.0 Å². The van der Waals surface area contributed by atoms with Crippen molar-refractivity contribution >= 4 is 27.5 Å². The van der Waals surface area contributed by atoms with Crippen LogP contribution in [0.2, 0.25) is 5.02 Å². The Kier molecular flexibility index (Phi) is 4.67. The van der Waals surface area contributed by atoms with Crippen LogP contribution in [0.3, 0.4) is 0 Å². The molecule has 0 aromatic heterocycles. The van der Waals surface area contributed by atoms with E-state index in [0.29, 0.717) is 0 Å². The smallest absolute Gasteiger partial charge is 0.251 e. The zero-order valence-corrected chi connectivity index (χ0v) is 12.5. The van der Waals surface area contributed by atoms with E-state index >= 15 is 0 Å². The summed E-state index contributed by atoms with van der Waals surface area (Å²) in [7, 11) is -3.88. The number of sulfonamides is 1. The third-order valence-corrected chi connectivity index (χ3v) is 4.51. The SMILES string of the molecule is NS(=O)(=O)c1cc(Cl)cc(C(=O)NC2CCCCC2)c1. The molecule has 1 aliphatic rings. The van der Waals surface area contributed by atoms with Crippen LogP contribution in [0.1, 0.15) is 42.5 Å². The summed E-state index contributed by atoms with van der Waals surface area (Å²) < 4.78 is 22.7. The number of hydrogen-bond acceptors (Lipinski definition) is 3. The van der Waals surface area contributed by atoms with Crippen LogP contribution in [-0.4, -0.2) is 20.4 Å². The molecule has 1 aliphatic carbocycles. The van der Waals surface area contributed by atoms with Crippen molar-refractivity contribution in [3.05, 3.63) is 28.8 Å².